The van der Waals surface area contributed by atoms with Crippen molar-refractivity contribution in [3.8, 4) is 0 Å². The van der Waals surface area contributed by atoms with Crippen LogP contribution in [0.1, 0.15) is 31.3 Å². The molecule has 19 heavy (non-hydrogen) atoms. The van der Waals surface area contributed by atoms with Gasteiger partial charge in [0.15, 0.2) is 5.01 Å². The number of aromatic carboxylic acids is 1. The second kappa shape index (κ2) is 4.85. The number of hydrogen-bond acceptors (Lipinski definition) is 4. The van der Waals surface area contributed by atoms with E-state index in [4.69, 9.17) is 5.11 Å². The van der Waals surface area contributed by atoms with Crippen LogP contribution in [0.3, 0.4) is 0 Å². The molecule has 1 heterocycles. The van der Waals surface area contributed by atoms with Gasteiger partial charge in [-0.15, -0.1) is 11.3 Å². The summed E-state index contributed by atoms with van der Waals surface area (Å²) in [6.45, 7) is 1.08. The molecule has 0 fully saturated rings. The molecule has 0 saturated heterocycles. The Kier molecular flexibility index (Phi) is 3.39. The lowest BCUT2D eigenvalue weighted by molar-refractivity contribution is 0.0691. The molecule has 0 saturated carbocycles. The number of ketones is 1. The van der Waals surface area contributed by atoms with Crippen molar-refractivity contribution in [2.75, 3.05) is 0 Å². The quantitative estimate of drug-likeness (QED) is 0.879. The first-order valence-corrected chi connectivity index (χ1v) is 5.97. The highest BCUT2D eigenvalue weighted by molar-refractivity contribution is 7.11. The smallest absolute Gasteiger partial charge is 0.338 e. The summed E-state index contributed by atoms with van der Waals surface area (Å²) in [4.78, 5) is 26.5. The van der Waals surface area contributed by atoms with Gasteiger partial charge in [-0.05, 0) is 13.0 Å². The predicted octanol–water partition coefficient (Wildman–Crippen LogP) is 2.66. The summed E-state index contributed by atoms with van der Waals surface area (Å²) >= 11 is 0.990. The van der Waals surface area contributed by atoms with E-state index in [2.05, 4.69) is 4.98 Å². The maximum absolute atomic E-state index is 13.9. The highest BCUT2D eigenvalue weighted by atomic mass is 32.1. The standard InChI is InChI=1S/C12H7F2NO3S/c1-5-8(13)6(4-7(9(5)14)12(17)18)10(16)11-15-2-3-19-11/h2-4H,1H3,(H,17,18). The van der Waals surface area contributed by atoms with Crippen LogP contribution in [0.4, 0.5) is 8.78 Å². The Morgan fingerprint density at radius 1 is 1.26 bits per heavy atom. The zero-order valence-corrected chi connectivity index (χ0v) is 10.4. The minimum Gasteiger partial charge on any atom is -0.478 e. The van der Waals surface area contributed by atoms with E-state index >= 15 is 0 Å². The molecule has 0 aliphatic heterocycles. The van der Waals surface area contributed by atoms with Gasteiger partial charge in [0.2, 0.25) is 5.78 Å². The van der Waals surface area contributed by atoms with Crippen LogP contribution in [0.15, 0.2) is 17.6 Å². The van der Waals surface area contributed by atoms with Crippen molar-refractivity contribution < 1.29 is 23.5 Å². The van der Waals surface area contributed by atoms with E-state index < -0.39 is 40.1 Å². The van der Waals surface area contributed by atoms with Crippen LogP contribution in [0.2, 0.25) is 0 Å². The average molecular weight is 283 g/mol. The number of halogens is 2. The third-order valence-electron chi connectivity index (χ3n) is 2.52. The van der Waals surface area contributed by atoms with Crippen LogP contribution in [0.5, 0.6) is 0 Å². The summed E-state index contributed by atoms with van der Waals surface area (Å²) in [6.07, 6.45) is 1.37. The molecule has 1 aromatic heterocycles. The molecule has 4 nitrogen and oxygen atoms in total. The van der Waals surface area contributed by atoms with Crippen molar-refractivity contribution in [2.24, 2.45) is 0 Å². The molecule has 0 aliphatic carbocycles. The Balaban J connectivity index is 2.64. The number of thiazole rings is 1. The molecule has 7 heteroatoms. The zero-order chi connectivity index (χ0) is 14.2. The minimum absolute atomic E-state index is 0.0150. The first-order valence-electron chi connectivity index (χ1n) is 5.09. The summed E-state index contributed by atoms with van der Waals surface area (Å²) in [7, 11) is 0. The minimum atomic E-state index is -1.56. The fourth-order valence-electron chi connectivity index (χ4n) is 1.54. The normalized spacial score (nSPS) is 10.5. The molecule has 0 spiro atoms. The number of nitrogens with zero attached hydrogens (tertiary/aromatic N) is 1. The molecular weight excluding hydrogens is 276 g/mol. The SMILES string of the molecule is Cc1c(F)c(C(=O)O)cc(C(=O)c2nccs2)c1F. The Bertz CT molecular complexity index is 668. The molecule has 0 bridgehead atoms. The van der Waals surface area contributed by atoms with E-state index in [9.17, 15) is 18.4 Å². The monoisotopic (exact) mass is 283 g/mol. The lowest BCUT2D eigenvalue weighted by atomic mass is 10.0. The van der Waals surface area contributed by atoms with Crippen LogP contribution in [0.25, 0.3) is 0 Å². The lowest BCUT2D eigenvalue weighted by Gasteiger charge is -2.07. The number of hydrogen-bond donors (Lipinski definition) is 1. The third kappa shape index (κ3) is 2.24. The number of rotatable bonds is 3. The number of carbonyl (C=O) groups excluding carboxylic acids is 1. The van der Waals surface area contributed by atoms with Crippen LogP contribution in [-0.2, 0) is 0 Å². The lowest BCUT2D eigenvalue weighted by Crippen LogP contribution is -2.11. The summed E-state index contributed by atoms with van der Waals surface area (Å²) in [5, 5.41) is 10.4. The van der Waals surface area contributed by atoms with Crippen LogP contribution >= 0.6 is 11.3 Å². The van der Waals surface area contributed by atoms with Gasteiger partial charge in [0, 0.05) is 17.1 Å². The molecular formula is C12H7F2NO3S. The van der Waals surface area contributed by atoms with Gasteiger partial charge >= 0.3 is 5.97 Å². The van der Waals surface area contributed by atoms with Crippen molar-refractivity contribution in [2.45, 2.75) is 6.92 Å². The Hall–Kier alpha value is -2.15. The first-order chi connectivity index (χ1) is 8.93. The van der Waals surface area contributed by atoms with E-state index in [0.29, 0.717) is 6.07 Å². The first kappa shape index (κ1) is 13.3. The van der Waals surface area contributed by atoms with E-state index in [0.717, 1.165) is 18.3 Å². The van der Waals surface area contributed by atoms with Gasteiger partial charge in [-0.3, -0.25) is 4.79 Å². The number of carbonyl (C=O) groups is 2. The molecule has 0 aliphatic rings. The van der Waals surface area contributed by atoms with Crippen LogP contribution in [0, 0.1) is 18.6 Å². The topological polar surface area (TPSA) is 67.3 Å². The maximum atomic E-state index is 13.9. The van der Waals surface area contributed by atoms with Crippen molar-refractivity contribution in [1.29, 1.82) is 0 Å². The van der Waals surface area contributed by atoms with Crippen LogP contribution in [-0.4, -0.2) is 21.8 Å². The molecule has 1 N–H and O–H groups in total. The molecule has 98 valence electrons. The van der Waals surface area contributed by atoms with Gasteiger partial charge in [-0.1, -0.05) is 0 Å². The Morgan fingerprint density at radius 2 is 1.89 bits per heavy atom. The number of aromatic nitrogens is 1. The Morgan fingerprint density at radius 3 is 2.42 bits per heavy atom. The van der Waals surface area contributed by atoms with Gasteiger partial charge in [0.05, 0.1) is 11.1 Å². The van der Waals surface area contributed by atoms with Crippen molar-refractivity contribution in [3.05, 3.63) is 51.0 Å². The summed E-state index contributed by atoms with van der Waals surface area (Å²) in [5.74, 6) is -4.57. The van der Waals surface area contributed by atoms with Crippen LogP contribution < -0.4 is 0 Å². The van der Waals surface area contributed by atoms with Crippen molar-refractivity contribution in [3.63, 3.8) is 0 Å². The Labute approximate surface area is 110 Å². The summed E-state index contributed by atoms with van der Waals surface area (Å²) in [5.41, 5.74) is -1.73. The highest BCUT2D eigenvalue weighted by Crippen LogP contribution is 2.23. The molecule has 1 aromatic carbocycles. The van der Waals surface area contributed by atoms with Crippen molar-refractivity contribution >= 4 is 23.1 Å². The average Bonchev–Trinajstić information content (AvgIpc) is 2.89. The summed E-state index contributed by atoms with van der Waals surface area (Å²) < 4.78 is 27.4. The van der Waals surface area contributed by atoms with E-state index in [1.165, 1.54) is 11.6 Å². The molecule has 0 amide bonds. The number of carboxylic acid groups (broad SMARTS) is 1. The van der Waals surface area contributed by atoms with Gasteiger partial charge in [-0.25, -0.2) is 18.6 Å². The van der Waals surface area contributed by atoms with Gasteiger partial charge in [-0.2, -0.15) is 0 Å². The molecule has 0 unspecified atom stereocenters. The van der Waals surface area contributed by atoms with E-state index in [-0.39, 0.29) is 5.01 Å². The highest BCUT2D eigenvalue weighted by Gasteiger charge is 2.24. The number of benzene rings is 1. The third-order valence-corrected chi connectivity index (χ3v) is 3.29. The van der Waals surface area contributed by atoms with Gasteiger partial charge in [0.25, 0.3) is 0 Å². The second-order valence-corrected chi connectivity index (χ2v) is 4.59. The molecule has 2 aromatic rings. The molecule has 0 atom stereocenters. The maximum Gasteiger partial charge on any atom is 0.338 e. The molecule has 2 rings (SSSR count). The summed E-state index contributed by atoms with van der Waals surface area (Å²) in [6, 6.07) is 0.698. The van der Waals surface area contributed by atoms with E-state index in [1.54, 1.807) is 0 Å². The fourth-order valence-corrected chi connectivity index (χ4v) is 2.13. The predicted molar refractivity (Wildman–Crippen MR) is 63.6 cm³/mol. The number of carboxylic acids is 1. The zero-order valence-electron chi connectivity index (χ0n) is 9.61. The van der Waals surface area contributed by atoms with Gasteiger partial charge < -0.3 is 5.11 Å². The van der Waals surface area contributed by atoms with Crippen molar-refractivity contribution in [1.82, 2.24) is 4.98 Å². The fraction of sp³-hybridized carbons (Fsp3) is 0.0833. The van der Waals surface area contributed by atoms with E-state index in [1.807, 2.05) is 0 Å². The molecule has 0 radical (unpaired) electrons. The largest absolute Gasteiger partial charge is 0.478 e. The second-order valence-electron chi connectivity index (χ2n) is 3.70. The van der Waals surface area contributed by atoms with Gasteiger partial charge in [0.1, 0.15) is 11.6 Å².